The molecule has 88 valence electrons. The molecule has 1 N–H and O–H groups in total. The van der Waals surface area contributed by atoms with Crippen molar-refractivity contribution in [1.82, 2.24) is 4.57 Å². The maximum atomic E-state index is 11.5. The van der Waals surface area contributed by atoms with Crippen molar-refractivity contribution >= 4 is 0 Å². The summed E-state index contributed by atoms with van der Waals surface area (Å²) in [6.45, 7) is 0. The van der Waals surface area contributed by atoms with Crippen molar-refractivity contribution in [2.24, 2.45) is 7.05 Å². The molecule has 1 aromatic carbocycles. The van der Waals surface area contributed by atoms with E-state index in [1.807, 2.05) is 6.07 Å². The van der Waals surface area contributed by atoms with Crippen LogP contribution in [0.5, 0.6) is 11.5 Å². The van der Waals surface area contributed by atoms with Crippen LogP contribution < -0.4 is 10.3 Å². The molecule has 0 amide bonds. The lowest BCUT2D eigenvalue weighted by Gasteiger charge is -2.10. The minimum atomic E-state index is -0.0745. The van der Waals surface area contributed by atoms with Crippen LogP contribution >= 0.6 is 0 Å². The second-order valence-electron chi connectivity index (χ2n) is 3.69. The first-order valence-corrected chi connectivity index (χ1v) is 5.17. The van der Waals surface area contributed by atoms with Gasteiger partial charge in [0, 0.05) is 18.7 Å². The predicted molar refractivity (Wildman–Crippen MR) is 65.3 cm³/mol. The maximum Gasteiger partial charge on any atom is 0.250 e. The van der Waals surface area contributed by atoms with Gasteiger partial charge >= 0.3 is 0 Å². The number of aromatic hydroxyl groups is 1. The molecule has 2 aromatic rings. The summed E-state index contributed by atoms with van der Waals surface area (Å²) in [5.41, 5.74) is 1.52. The molecule has 0 fully saturated rings. The van der Waals surface area contributed by atoms with Gasteiger partial charge in [-0.2, -0.15) is 0 Å². The summed E-state index contributed by atoms with van der Waals surface area (Å²) in [4.78, 5) is 11.5. The third-order valence-electron chi connectivity index (χ3n) is 2.66. The Morgan fingerprint density at radius 3 is 2.71 bits per heavy atom. The highest BCUT2D eigenvalue weighted by Gasteiger charge is 2.07. The van der Waals surface area contributed by atoms with Crippen molar-refractivity contribution in [3.05, 3.63) is 46.8 Å². The zero-order valence-corrected chi connectivity index (χ0v) is 9.68. The van der Waals surface area contributed by atoms with Crippen LogP contribution in [0.4, 0.5) is 0 Å². The summed E-state index contributed by atoms with van der Waals surface area (Å²) >= 11 is 0. The third-order valence-corrected chi connectivity index (χ3v) is 2.66. The molecule has 4 heteroatoms. The lowest BCUT2D eigenvalue weighted by molar-refractivity contribution is 0.373. The summed E-state index contributed by atoms with van der Waals surface area (Å²) in [7, 11) is 3.19. The summed E-state index contributed by atoms with van der Waals surface area (Å²) in [6, 6.07) is 10.0. The molecule has 0 aliphatic heterocycles. The van der Waals surface area contributed by atoms with E-state index in [2.05, 4.69) is 0 Å². The van der Waals surface area contributed by atoms with Gasteiger partial charge in [-0.15, -0.1) is 0 Å². The Morgan fingerprint density at radius 2 is 2.00 bits per heavy atom. The number of phenols is 1. The number of benzene rings is 1. The van der Waals surface area contributed by atoms with Gasteiger partial charge in [0.2, 0.25) is 0 Å². The highest BCUT2D eigenvalue weighted by molar-refractivity contribution is 5.64. The lowest BCUT2D eigenvalue weighted by atomic mass is 10.1. The van der Waals surface area contributed by atoms with Gasteiger partial charge in [0.1, 0.15) is 0 Å². The number of ether oxygens (including phenoxy) is 1. The fraction of sp³-hybridized carbons (Fsp3) is 0.154. The maximum absolute atomic E-state index is 11.5. The molecule has 0 saturated heterocycles. The number of rotatable bonds is 2. The van der Waals surface area contributed by atoms with Crippen molar-refractivity contribution in [2.45, 2.75) is 0 Å². The SMILES string of the molecule is COc1cc(-c2cccc(=O)n2C)ccc1O. The van der Waals surface area contributed by atoms with Gasteiger partial charge in [0.25, 0.3) is 5.56 Å². The molecule has 0 aliphatic rings. The highest BCUT2D eigenvalue weighted by Crippen LogP contribution is 2.30. The van der Waals surface area contributed by atoms with Crippen molar-refractivity contribution in [3.8, 4) is 22.8 Å². The fourth-order valence-electron chi connectivity index (χ4n) is 1.69. The second kappa shape index (κ2) is 4.33. The molecule has 4 nitrogen and oxygen atoms in total. The number of hydrogen-bond acceptors (Lipinski definition) is 3. The van der Waals surface area contributed by atoms with Crippen LogP contribution in [-0.2, 0) is 7.05 Å². The number of phenolic OH excluding ortho intramolecular Hbond substituents is 1. The molecule has 0 saturated carbocycles. The van der Waals surface area contributed by atoms with Gasteiger partial charge in [-0.25, -0.2) is 0 Å². The molecular formula is C13H13NO3. The van der Waals surface area contributed by atoms with Gasteiger partial charge in [-0.3, -0.25) is 4.79 Å². The Labute approximate surface area is 98.7 Å². The molecule has 0 radical (unpaired) electrons. The average molecular weight is 231 g/mol. The van der Waals surface area contributed by atoms with Crippen molar-refractivity contribution in [1.29, 1.82) is 0 Å². The van der Waals surface area contributed by atoms with Crippen LogP contribution in [0, 0.1) is 0 Å². The zero-order valence-electron chi connectivity index (χ0n) is 9.68. The molecule has 0 unspecified atom stereocenters. The number of hydrogen-bond donors (Lipinski definition) is 1. The van der Waals surface area contributed by atoms with Crippen LogP contribution in [0.25, 0.3) is 11.3 Å². The standard InChI is InChI=1S/C13H13NO3/c1-14-10(4-3-5-13(14)16)9-6-7-11(15)12(8-9)17-2/h3-8,15H,1-2H3. The smallest absolute Gasteiger partial charge is 0.250 e. The minimum absolute atomic E-state index is 0.0745. The molecule has 1 aromatic heterocycles. The average Bonchev–Trinajstić information content (AvgIpc) is 2.34. The van der Waals surface area contributed by atoms with Gasteiger partial charge < -0.3 is 14.4 Å². The Hall–Kier alpha value is -2.23. The molecule has 2 rings (SSSR count). The quantitative estimate of drug-likeness (QED) is 0.856. The van der Waals surface area contributed by atoms with Gasteiger partial charge in [-0.05, 0) is 24.3 Å². The summed E-state index contributed by atoms with van der Waals surface area (Å²) in [5.74, 6) is 0.469. The normalized spacial score (nSPS) is 10.2. The predicted octanol–water partition coefficient (Wildman–Crippen LogP) is 1.77. The van der Waals surface area contributed by atoms with E-state index < -0.39 is 0 Å². The molecule has 0 atom stereocenters. The van der Waals surface area contributed by atoms with E-state index in [1.165, 1.54) is 13.2 Å². The Kier molecular flexibility index (Phi) is 2.87. The summed E-state index contributed by atoms with van der Waals surface area (Å²) < 4.78 is 6.59. The largest absolute Gasteiger partial charge is 0.504 e. The molecular weight excluding hydrogens is 218 g/mol. The third kappa shape index (κ3) is 2.01. The van der Waals surface area contributed by atoms with Crippen LogP contribution in [0.15, 0.2) is 41.2 Å². The van der Waals surface area contributed by atoms with E-state index in [-0.39, 0.29) is 11.3 Å². The second-order valence-corrected chi connectivity index (χ2v) is 3.69. The Bertz CT molecular complexity index is 602. The topological polar surface area (TPSA) is 51.5 Å². The molecule has 17 heavy (non-hydrogen) atoms. The summed E-state index contributed by atoms with van der Waals surface area (Å²) in [5, 5.41) is 9.51. The number of pyridine rings is 1. The van der Waals surface area contributed by atoms with Crippen LogP contribution in [0.1, 0.15) is 0 Å². The van der Waals surface area contributed by atoms with E-state index in [0.717, 1.165) is 11.3 Å². The van der Waals surface area contributed by atoms with E-state index in [1.54, 1.807) is 35.9 Å². The van der Waals surface area contributed by atoms with E-state index in [4.69, 9.17) is 4.74 Å². The lowest BCUT2D eigenvalue weighted by Crippen LogP contribution is -2.16. The van der Waals surface area contributed by atoms with Gasteiger partial charge in [0.05, 0.1) is 12.8 Å². The van der Waals surface area contributed by atoms with E-state index >= 15 is 0 Å². The minimum Gasteiger partial charge on any atom is -0.504 e. The highest BCUT2D eigenvalue weighted by atomic mass is 16.5. The van der Waals surface area contributed by atoms with Crippen molar-refractivity contribution in [2.75, 3.05) is 7.11 Å². The van der Waals surface area contributed by atoms with Crippen LogP contribution in [0.2, 0.25) is 0 Å². The number of aromatic nitrogens is 1. The monoisotopic (exact) mass is 231 g/mol. The summed E-state index contributed by atoms with van der Waals surface area (Å²) in [6.07, 6.45) is 0. The van der Waals surface area contributed by atoms with E-state index in [0.29, 0.717) is 5.75 Å². The fourth-order valence-corrected chi connectivity index (χ4v) is 1.69. The number of methoxy groups -OCH3 is 1. The van der Waals surface area contributed by atoms with E-state index in [9.17, 15) is 9.90 Å². The van der Waals surface area contributed by atoms with Gasteiger partial charge in [0.15, 0.2) is 11.5 Å². The van der Waals surface area contributed by atoms with Crippen LogP contribution in [0.3, 0.4) is 0 Å². The first-order valence-electron chi connectivity index (χ1n) is 5.17. The Balaban J connectivity index is 2.61. The zero-order chi connectivity index (χ0) is 12.4. The first kappa shape index (κ1) is 11.3. The molecule has 1 heterocycles. The van der Waals surface area contributed by atoms with Crippen molar-refractivity contribution in [3.63, 3.8) is 0 Å². The van der Waals surface area contributed by atoms with Crippen LogP contribution in [-0.4, -0.2) is 16.8 Å². The number of nitrogens with zero attached hydrogens (tertiary/aromatic N) is 1. The first-order chi connectivity index (χ1) is 8.13. The molecule has 0 bridgehead atoms. The Morgan fingerprint density at radius 1 is 1.24 bits per heavy atom. The molecule has 0 spiro atoms. The van der Waals surface area contributed by atoms with Crippen molar-refractivity contribution < 1.29 is 9.84 Å². The molecule has 0 aliphatic carbocycles. The van der Waals surface area contributed by atoms with Gasteiger partial charge in [-0.1, -0.05) is 6.07 Å².